The second-order valence-electron chi connectivity index (χ2n) is 3.95. The highest BCUT2D eigenvalue weighted by molar-refractivity contribution is 5.59. The first-order valence-electron chi connectivity index (χ1n) is 5.21. The summed E-state index contributed by atoms with van der Waals surface area (Å²) in [5.74, 6) is 1.29. The predicted octanol–water partition coefficient (Wildman–Crippen LogP) is 3.02. The number of benzene rings is 1. The fourth-order valence-electron chi connectivity index (χ4n) is 1.72. The second kappa shape index (κ2) is 4.23. The van der Waals surface area contributed by atoms with Crippen LogP contribution in [0.3, 0.4) is 0 Å². The number of nitrogens with two attached hydrogens (primary N) is 1. The van der Waals surface area contributed by atoms with Crippen LogP contribution in [0.5, 0.6) is 0 Å². The lowest BCUT2D eigenvalue weighted by Gasteiger charge is -2.08. The van der Waals surface area contributed by atoms with Gasteiger partial charge in [0.1, 0.15) is 11.6 Å². The number of nitrogen functional groups attached to an aromatic ring is 1. The first kappa shape index (κ1) is 10.5. The summed E-state index contributed by atoms with van der Waals surface area (Å²) in [5, 5.41) is 3.24. The molecule has 1 aromatic carbocycles. The Hall–Kier alpha value is -2.03. The molecule has 2 rings (SSSR count). The Kier molecular flexibility index (Phi) is 2.77. The number of aryl methyl sites for hydroxylation is 2. The van der Waals surface area contributed by atoms with Gasteiger partial charge in [-0.2, -0.15) is 0 Å². The highest BCUT2D eigenvalue weighted by Crippen LogP contribution is 2.18. The third-order valence-electron chi connectivity index (χ3n) is 2.26. The third kappa shape index (κ3) is 2.51. The molecule has 0 aliphatic carbocycles. The zero-order valence-corrected chi connectivity index (χ0v) is 9.49. The first-order chi connectivity index (χ1) is 7.63. The summed E-state index contributed by atoms with van der Waals surface area (Å²) in [6, 6.07) is 11.8. The minimum Gasteiger partial charge on any atom is -0.384 e. The van der Waals surface area contributed by atoms with Gasteiger partial charge in [0.05, 0.1) is 0 Å². The van der Waals surface area contributed by atoms with Gasteiger partial charge in [-0.3, -0.25) is 0 Å². The van der Waals surface area contributed by atoms with Gasteiger partial charge in [-0.1, -0.05) is 12.1 Å². The van der Waals surface area contributed by atoms with Crippen LogP contribution in [0.2, 0.25) is 0 Å². The third-order valence-corrected chi connectivity index (χ3v) is 2.26. The van der Waals surface area contributed by atoms with E-state index in [1.807, 2.05) is 12.1 Å². The second-order valence-corrected chi connectivity index (χ2v) is 3.95. The van der Waals surface area contributed by atoms with E-state index in [0.717, 1.165) is 11.5 Å². The van der Waals surface area contributed by atoms with Crippen LogP contribution in [0.15, 0.2) is 36.4 Å². The van der Waals surface area contributed by atoms with E-state index >= 15 is 0 Å². The van der Waals surface area contributed by atoms with E-state index in [0.29, 0.717) is 5.82 Å². The van der Waals surface area contributed by atoms with Crippen molar-refractivity contribution < 1.29 is 0 Å². The molecule has 3 heteroatoms. The smallest absolute Gasteiger partial charge is 0.132 e. The van der Waals surface area contributed by atoms with Gasteiger partial charge in [-0.25, -0.2) is 4.98 Å². The van der Waals surface area contributed by atoms with Crippen molar-refractivity contribution in [3.05, 3.63) is 47.5 Å². The molecule has 0 aliphatic rings. The number of anilines is 3. The molecule has 1 heterocycles. The van der Waals surface area contributed by atoms with Crippen LogP contribution in [0.4, 0.5) is 17.3 Å². The van der Waals surface area contributed by atoms with Gasteiger partial charge in [-0.15, -0.1) is 0 Å². The average molecular weight is 213 g/mol. The van der Waals surface area contributed by atoms with E-state index in [2.05, 4.69) is 42.3 Å². The summed E-state index contributed by atoms with van der Waals surface area (Å²) in [6.07, 6.45) is 0. The van der Waals surface area contributed by atoms with E-state index in [1.54, 1.807) is 6.07 Å². The molecule has 0 atom stereocenters. The summed E-state index contributed by atoms with van der Waals surface area (Å²) in [4.78, 5) is 4.19. The Balaban J connectivity index is 2.27. The zero-order valence-electron chi connectivity index (χ0n) is 9.49. The molecule has 0 bridgehead atoms. The molecule has 2 aromatic rings. The van der Waals surface area contributed by atoms with Crippen LogP contribution in [0.25, 0.3) is 0 Å². The molecule has 0 fully saturated rings. The largest absolute Gasteiger partial charge is 0.384 e. The molecule has 82 valence electrons. The van der Waals surface area contributed by atoms with Crippen molar-refractivity contribution in [2.75, 3.05) is 11.1 Å². The number of nitrogens with zero attached hydrogens (tertiary/aromatic N) is 1. The van der Waals surface area contributed by atoms with Gasteiger partial charge < -0.3 is 11.1 Å². The molecular formula is C13H15N3. The molecule has 0 radical (unpaired) electrons. The molecule has 16 heavy (non-hydrogen) atoms. The maximum atomic E-state index is 5.62. The van der Waals surface area contributed by atoms with Crippen LogP contribution in [0, 0.1) is 13.8 Å². The van der Waals surface area contributed by atoms with Crippen LogP contribution in [-0.2, 0) is 0 Å². The highest BCUT2D eigenvalue weighted by atomic mass is 15.0. The lowest BCUT2D eigenvalue weighted by molar-refractivity contribution is 1.30. The number of rotatable bonds is 2. The SMILES string of the molecule is Cc1cc(C)cc(Nc2cccc(N)n2)c1. The van der Waals surface area contributed by atoms with Crippen LogP contribution >= 0.6 is 0 Å². The van der Waals surface area contributed by atoms with Crippen LogP contribution < -0.4 is 11.1 Å². The maximum Gasteiger partial charge on any atom is 0.132 e. The summed E-state index contributed by atoms with van der Waals surface area (Å²) >= 11 is 0. The molecule has 1 aromatic heterocycles. The monoisotopic (exact) mass is 213 g/mol. The molecule has 0 amide bonds. The molecule has 3 nitrogen and oxygen atoms in total. The topological polar surface area (TPSA) is 50.9 Å². The maximum absolute atomic E-state index is 5.62. The van der Waals surface area contributed by atoms with Gasteiger partial charge in [-0.05, 0) is 49.2 Å². The van der Waals surface area contributed by atoms with Gasteiger partial charge in [0.15, 0.2) is 0 Å². The summed E-state index contributed by atoms with van der Waals surface area (Å²) in [7, 11) is 0. The Bertz CT molecular complexity index is 486. The van der Waals surface area contributed by atoms with Crippen LogP contribution in [0.1, 0.15) is 11.1 Å². The average Bonchev–Trinajstić information content (AvgIpc) is 2.15. The van der Waals surface area contributed by atoms with E-state index in [1.165, 1.54) is 11.1 Å². The molecule has 3 N–H and O–H groups in total. The molecule has 0 spiro atoms. The fraction of sp³-hybridized carbons (Fsp3) is 0.154. The van der Waals surface area contributed by atoms with Gasteiger partial charge in [0.25, 0.3) is 0 Å². The summed E-state index contributed by atoms with van der Waals surface area (Å²) in [6.45, 7) is 4.15. The van der Waals surface area contributed by atoms with Crippen molar-refractivity contribution in [2.45, 2.75) is 13.8 Å². The van der Waals surface area contributed by atoms with Crippen molar-refractivity contribution in [2.24, 2.45) is 0 Å². The predicted molar refractivity (Wildman–Crippen MR) is 67.8 cm³/mol. The Labute approximate surface area is 95.3 Å². The minimum absolute atomic E-state index is 0.523. The normalized spacial score (nSPS) is 10.1. The molecular weight excluding hydrogens is 198 g/mol. The quantitative estimate of drug-likeness (QED) is 0.806. The Morgan fingerprint density at radius 1 is 1.06 bits per heavy atom. The van der Waals surface area contributed by atoms with Gasteiger partial charge in [0.2, 0.25) is 0 Å². The number of hydrogen-bond acceptors (Lipinski definition) is 3. The van der Waals surface area contributed by atoms with Crippen molar-refractivity contribution in [1.29, 1.82) is 0 Å². The van der Waals surface area contributed by atoms with Gasteiger partial charge in [0, 0.05) is 5.69 Å². The standard InChI is InChI=1S/C13H15N3/c1-9-6-10(2)8-11(7-9)15-13-5-3-4-12(14)16-13/h3-8H,1-2H3,(H3,14,15,16). The van der Waals surface area contributed by atoms with Crippen molar-refractivity contribution in [3.8, 4) is 0 Å². The zero-order chi connectivity index (χ0) is 11.5. The van der Waals surface area contributed by atoms with E-state index < -0.39 is 0 Å². The minimum atomic E-state index is 0.523. The van der Waals surface area contributed by atoms with Gasteiger partial charge >= 0.3 is 0 Å². The fourth-order valence-corrected chi connectivity index (χ4v) is 1.72. The van der Waals surface area contributed by atoms with Crippen molar-refractivity contribution >= 4 is 17.3 Å². The van der Waals surface area contributed by atoms with Crippen molar-refractivity contribution in [1.82, 2.24) is 4.98 Å². The highest BCUT2D eigenvalue weighted by Gasteiger charge is 1.98. The number of pyridine rings is 1. The Morgan fingerprint density at radius 3 is 2.38 bits per heavy atom. The summed E-state index contributed by atoms with van der Waals surface area (Å²) < 4.78 is 0. The number of aromatic nitrogens is 1. The number of nitrogens with one attached hydrogen (secondary N) is 1. The molecule has 0 saturated carbocycles. The molecule has 0 aliphatic heterocycles. The van der Waals surface area contributed by atoms with Crippen LogP contribution in [-0.4, -0.2) is 4.98 Å². The summed E-state index contributed by atoms with van der Waals surface area (Å²) in [5.41, 5.74) is 9.11. The lowest BCUT2D eigenvalue weighted by atomic mass is 10.1. The lowest BCUT2D eigenvalue weighted by Crippen LogP contribution is -1.97. The number of hydrogen-bond donors (Lipinski definition) is 2. The Morgan fingerprint density at radius 2 is 1.75 bits per heavy atom. The van der Waals surface area contributed by atoms with E-state index in [4.69, 9.17) is 5.73 Å². The molecule has 0 saturated heterocycles. The van der Waals surface area contributed by atoms with E-state index in [-0.39, 0.29) is 0 Å². The van der Waals surface area contributed by atoms with E-state index in [9.17, 15) is 0 Å². The first-order valence-corrected chi connectivity index (χ1v) is 5.21. The van der Waals surface area contributed by atoms with Crippen molar-refractivity contribution in [3.63, 3.8) is 0 Å². The molecule has 0 unspecified atom stereocenters.